The van der Waals surface area contributed by atoms with Crippen LogP contribution in [-0.2, 0) is 11.3 Å². The van der Waals surface area contributed by atoms with Crippen LogP contribution in [0.1, 0.15) is 38.7 Å². The van der Waals surface area contributed by atoms with Crippen LogP contribution in [0.15, 0.2) is 78.3 Å². The fraction of sp³-hybridized carbons (Fsp3) is 0.0741. The minimum absolute atomic E-state index is 0.00990. The highest BCUT2D eigenvalue weighted by Crippen LogP contribution is 2.36. The molecule has 8 heteroatoms. The maximum absolute atomic E-state index is 14.1. The van der Waals surface area contributed by atoms with Gasteiger partial charge in [0.2, 0.25) is 0 Å². The molecule has 4 aromatic rings. The minimum atomic E-state index is -1.27. The number of nitrogens with zero attached hydrogens (tertiary/aromatic N) is 2. The zero-order valence-electron chi connectivity index (χ0n) is 18.2. The summed E-state index contributed by atoms with van der Waals surface area (Å²) in [6, 6.07) is 16.8. The van der Waals surface area contributed by atoms with Crippen molar-refractivity contribution in [1.82, 2.24) is 9.88 Å². The Bertz CT molecular complexity index is 1480. The third-order valence-electron chi connectivity index (χ3n) is 5.57. The maximum atomic E-state index is 14.1. The van der Waals surface area contributed by atoms with Crippen molar-refractivity contribution in [1.29, 1.82) is 0 Å². The number of phenolic OH excluding ortho intramolecular Hbond substituents is 1. The van der Waals surface area contributed by atoms with Crippen LogP contribution in [-0.4, -0.2) is 26.8 Å². The van der Waals surface area contributed by atoms with Crippen LogP contribution >= 0.6 is 11.3 Å². The molecule has 6 nitrogen and oxygen atoms in total. The predicted octanol–water partition coefficient (Wildman–Crippen LogP) is 4.72. The number of aromatic hydroxyl groups is 1. The molecule has 0 saturated heterocycles. The van der Waals surface area contributed by atoms with Crippen molar-refractivity contribution in [2.75, 3.05) is 5.32 Å². The van der Waals surface area contributed by atoms with Crippen molar-refractivity contribution in [2.24, 2.45) is 0 Å². The fourth-order valence-corrected chi connectivity index (χ4v) is 4.46. The van der Waals surface area contributed by atoms with Crippen LogP contribution < -0.4 is 5.32 Å². The average molecular weight is 484 g/mol. The van der Waals surface area contributed by atoms with Crippen molar-refractivity contribution < 1.29 is 19.1 Å². The van der Waals surface area contributed by atoms with Gasteiger partial charge in [0.1, 0.15) is 17.6 Å². The number of aromatic nitrogens is 1. The van der Waals surface area contributed by atoms with Crippen LogP contribution in [0.3, 0.4) is 0 Å². The molecule has 1 aromatic heterocycles. The van der Waals surface area contributed by atoms with Gasteiger partial charge in [-0.25, -0.2) is 9.37 Å². The smallest absolute Gasteiger partial charge is 0.255 e. The van der Waals surface area contributed by atoms with E-state index in [2.05, 4.69) is 22.1 Å². The number of amides is 2. The first-order valence-corrected chi connectivity index (χ1v) is 11.6. The number of hydrogen-bond acceptors (Lipinski definition) is 5. The fourth-order valence-electron chi connectivity index (χ4n) is 3.93. The summed E-state index contributed by atoms with van der Waals surface area (Å²) in [6.45, 7) is 0.118. The largest absolute Gasteiger partial charge is 0.508 e. The summed E-state index contributed by atoms with van der Waals surface area (Å²) in [5.41, 5.74) is 2.61. The van der Waals surface area contributed by atoms with Gasteiger partial charge in [-0.1, -0.05) is 36.1 Å². The van der Waals surface area contributed by atoms with Crippen molar-refractivity contribution in [3.8, 4) is 17.6 Å². The molecule has 0 saturated carbocycles. The second-order valence-corrected chi connectivity index (χ2v) is 8.75. The van der Waals surface area contributed by atoms with E-state index in [0.29, 0.717) is 21.8 Å². The third kappa shape index (κ3) is 4.63. The Morgan fingerprint density at radius 3 is 2.66 bits per heavy atom. The van der Waals surface area contributed by atoms with Crippen molar-refractivity contribution in [3.05, 3.63) is 112 Å². The number of phenols is 1. The van der Waals surface area contributed by atoms with Crippen molar-refractivity contribution in [2.45, 2.75) is 12.6 Å². The molecule has 1 aliphatic rings. The van der Waals surface area contributed by atoms with Gasteiger partial charge in [0.05, 0.1) is 0 Å². The van der Waals surface area contributed by atoms with E-state index < -0.39 is 23.7 Å². The number of nitrogens with one attached hydrogen (secondary N) is 1. The highest BCUT2D eigenvalue weighted by molar-refractivity contribution is 7.13. The third-order valence-corrected chi connectivity index (χ3v) is 6.26. The van der Waals surface area contributed by atoms with E-state index in [4.69, 9.17) is 0 Å². The molecule has 0 spiro atoms. The molecule has 1 atom stereocenters. The molecule has 3 aromatic carbocycles. The average Bonchev–Trinajstić information content (AvgIpc) is 3.49. The van der Waals surface area contributed by atoms with E-state index in [1.54, 1.807) is 17.5 Å². The molecule has 2 amide bonds. The van der Waals surface area contributed by atoms with Crippen LogP contribution in [0.25, 0.3) is 0 Å². The van der Waals surface area contributed by atoms with Crippen LogP contribution in [0.2, 0.25) is 0 Å². The van der Waals surface area contributed by atoms with Gasteiger partial charge in [0.25, 0.3) is 11.8 Å². The first kappa shape index (κ1) is 22.3. The van der Waals surface area contributed by atoms with E-state index in [1.165, 1.54) is 28.5 Å². The van der Waals surface area contributed by atoms with Crippen LogP contribution in [0.5, 0.6) is 5.75 Å². The first-order valence-electron chi connectivity index (χ1n) is 10.7. The normalized spacial score (nSPS) is 13.1. The van der Waals surface area contributed by atoms with Gasteiger partial charge >= 0.3 is 0 Å². The summed E-state index contributed by atoms with van der Waals surface area (Å²) in [4.78, 5) is 32.1. The number of carbonyl (C=O) groups is 2. The number of benzene rings is 3. The molecule has 2 N–H and O–H groups in total. The lowest BCUT2D eigenvalue weighted by Gasteiger charge is -2.27. The predicted molar refractivity (Wildman–Crippen MR) is 130 cm³/mol. The van der Waals surface area contributed by atoms with Gasteiger partial charge in [0, 0.05) is 40.4 Å². The lowest BCUT2D eigenvalue weighted by Crippen LogP contribution is -2.37. The number of thiazole rings is 1. The van der Waals surface area contributed by atoms with E-state index in [-0.39, 0.29) is 17.9 Å². The summed E-state index contributed by atoms with van der Waals surface area (Å²) in [5, 5.41) is 15.1. The number of anilines is 1. The Labute approximate surface area is 204 Å². The molecule has 0 fully saturated rings. The van der Waals surface area contributed by atoms with Gasteiger partial charge in [-0.05, 0) is 48.0 Å². The maximum Gasteiger partial charge on any atom is 0.255 e. The number of hydrogen-bond donors (Lipinski definition) is 2. The molecule has 0 aliphatic carbocycles. The Hall–Kier alpha value is -4.48. The standard InChI is InChI=1S/C27H18FN3O3S/c28-20-10-11-23(32)22(15-20)24(25(33)30-27-29-12-13-35-27)31-16-19-9-8-18(14-21(19)26(31)34)7-6-17-4-2-1-3-5-17/h1-5,8-15,24,32H,16H2,(H,29,30,33). The Balaban J connectivity index is 1.49. The van der Waals surface area contributed by atoms with E-state index >= 15 is 0 Å². The number of rotatable bonds is 4. The molecular weight excluding hydrogens is 465 g/mol. The summed E-state index contributed by atoms with van der Waals surface area (Å²) in [6.07, 6.45) is 1.53. The summed E-state index contributed by atoms with van der Waals surface area (Å²) in [7, 11) is 0. The Morgan fingerprint density at radius 1 is 1.09 bits per heavy atom. The molecule has 2 heterocycles. The Kier molecular flexibility index (Phi) is 6.00. The summed E-state index contributed by atoms with van der Waals surface area (Å²) < 4.78 is 14.1. The van der Waals surface area contributed by atoms with Crippen molar-refractivity contribution in [3.63, 3.8) is 0 Å². The van der Waals surface area contributed by atoms with Gasteiger partial charge in [-0.3, -0.25) is 14.9 Å². The van der Waals surface area contributed by atoms with Gasteiger partial charge < -0.3 is 10.0 Å². The highest BCUT2D eigenvalue weighted by Gasteiger charge is 2.39. The zero-order valence-corrected chi connectivity index (χ0v) is 19.1. The Morgan fingerprint density at radius 2 is 1.89 bits per heavy atom. The summed E-state index contributed by atoms with van der Waals surface area (Å²) >= 11 is 1.21. The molecule has 5 rings (SSSR count). The topological polar surface area (TPSA) is 82.5 Å². The second kappa shape index (κ2) is 9.41. The lowest BCUT2D eigenvalue weighted by atomic mass is 10.0. The summed E-state index contributed by atoms with van der Waals surface area (Å²) in [5.74, 6) is 4.19. The SMILES string of the molecule is O=C(Nc1nccs1)C(c1cc(F)ccc1O)N1Cc2ccc(C#Cc3ccccc3)cc2C1=O. The molecule has 1 unspecified atom stereocenters. The van der Waals surface area contributed by atoms with E-state index in [1.807, 2.05) is 36.4 Å². The molecule has 1 aliphatic heterocycles. The molecular formula is C27H18FN3O3S. The van der Waals surface area contributed by atoms with Gasteiger partial charge in [-0.15, -0.1) is 11.3 Å². The van der Waals surface area contributed by atoms with E-state index in [9.17, 15) is 19.1 Å². The quantitative estimate of drug-likeness (QED) is 0.412. The van der Waals surface area contributed by atoms with Gasteiger partial charge in [-0.2, -0.15) is 0 Å². The lowest BCUT2D eigenvalue weighted by molar-refractivity contribution is -0.120. The van der Waals surface area contributed by atoms with Crippen molar-refractivity contribution >= 4 is 28.3 Å². The second-order valence-electron chi connectivity index (χ2n) is 7.85. The van der Waals surface area contributed by atoms with E-state index in [0.717, 1.165) is 17.7 Å². The first-order chi connectivity index (χ1) is 17.0. The monoisotopic (exact) mass is 483 g/mol. The molecule has 172 valence electrons. The van der Waals surface area contributed by atoms with Gasteiger partial charge in [0.15, 0.2) is 5.13 Å². The number of fused-ring (bicyclic) bond motifs is 1. The molecule has 0 bridgehead atoms. The number of halogens is 1. The highest BCUT2D eigenvalue weighted by atomic mass is 32.1. The van der Waals surface area contributed by atoms with Crippen LogP contribution in [0, 0.1) is 17.7 Å². The number of carbonyl (C=O) groups excluding carboxylic acids is 2. The molecule has 0 radical (unpaired) electrons. The molecule has 35 heavy (non-hydrogen) atoms. The minimum Gasteiger partial charge on any atom is -0.508 e. The van der Waals surface area contributed by atoms with Crippen LogP contribution in [0.4, 0.5) is 9.52 Å². The zero-order chi connectivity index (χ0) is 24.4.